The highest BCUT2D eigenvalue weighted by atomic mass is 19.1. The van der Waals surface area contributed by atoms with E-state index in [9.17, 15) is 9.18 Å². The van der Waals surface area contributed by atoms with Gasteiger partial charge in [-0.2, -0.15) is 0 Å². The fourth-order valence-electron chi connectivity index (χ4n) is 3.69. The monoisotopic (exact) mass is 348 g/mol. The summed E-state index contributed by atoms with van der Waals surface area (Å²) in [7, 11) is 0. The first kappa shape index (κ1) is 18.3. The molecule has 3 N–H and O–H groups in total. The van der Waals surface area contributed by atoms with E-state index in [1.165, 1.54) is 25.3 Å². The van der Waals surface area contributed by atoms with Gasteiger partial charge in [0.1, 0.15) is 11.9 Å². The lowest BCUT2D eigenvalue weighted by molar-refractivity contribution is -0.123. The Morgan fingerprint density at radius 1 is 1.32 bits per heavy atom. The average molecular weight is 348 g/mol. The molecule has 5 nitrogen and oxygen atoms in total. The zero-order valence-electron chi connectivity index (χ0n) is 15.1. The van der Waals surface area contributed by atoms with Crippen molar-refractivity contribution in [1.82, 2.24) is 21.1 Å². The summed E-state index contributed by atoms with van der Waals surface area (Å²) in [6.07, 6.45) is 4.49. The van der Waals surface area contributed by atoms with Crippen molar-refractivity contribution in [3.05, 3.63) is 35.1 Å². The molecule has 1 aromatic rings. The number of nitrogens with zero attached hydrogens (tertiary/aromatic N) is 1. The van der Waals surface area contributed by atoms with Crippen molar-refractivity contribution >= 4 is 5.91 Å². The second-order valence-electron chi connectivity index (χ2n) is 7.33. The Bertz CT molecular complexity index is 603. The summed E-state index contributed by atoms with van der Waals surface area (Å²) in [5.74, 6) is -0.173. The molecule has 0 bridgehead atoms. The topological polar surface area (TPSA) is 56.4 Å². The highest BCUT2D eigenvalue weighted by Crippen LogP contribution is 2.24. The van der Waals surface area contributed by atoms with Crippen LogP contribution in [0.2, 0.25) is 0 Å². The molecular weight excluding hydrogens is 319 g/mol. The van der Waals surface area contributed by atoms with Gasteiger partial charge in [0, 0.05) is 18.6 Å². The molecule has 138 valence electrons. The Morgan fingerprint density at radius 3 is 2.80 bits per heavy atom. The number of carbonyl (C=O) groups is 1. The summed E-state index contributed by atoms with van der Waals surface area (Å²) in [5, 5.41) is 3.07. The SMILES string of the molecule is Cc1cc(C2CC(C(=O)NCC(C)N3CCCCC3)NN2)ccc1F. The van der Waals surface area contributed by atoms with Crippen LogP contribution in [0.4, 0.5) is 4.39 Å². The van der Waals surface area contributed by atoms with Gasteiger partial charge in [-0.25, -0.2) is 15.2 Å². The molecule has 0 aromatic heterocycles. The fourth-order valence-corrected chi connectivity index (χ4v) is 3.69. The third-order valence-corrected chi connectivity index (χ3v) is 5.39. The molecule has 2 heterocycles. The third kappa shape index (κ3) is 4.57. The van der Waals surface area contributed by atoms with Crippen LogP contribution in [-0.4, -0.2) is 42.5 Å². The van der Waals surface area contributed by atoms with E-state index in [0.717, 1.165) is 18.7 Å². The molecule has 0 spiro atoms. The number of carbonyl (C=O) groups excluding carboxylic acids is 1. The Morgan fingerprint density at radius 2 is 2.08 bits per heavy atom. The summed E-state index contributed by atoms with van der Waals surface area (Å²) < 4.78 is 13.4. The maximum absolute atomic E-state index is 13.4. The lowest BCUT2D eigenvalue weighted by Gasteiger charge is -2.32. The van der Waals surface area contributed by atoms with E-state index in [1.807, 2.05) is 6.07 Å². The van der Waals surface area contributed by atoms with E-state index in [2.05, 4.69) is 28.0 Å². The van der Waals surface area contributed by atoms with Crippen molar-refractivity contribution < 1.29 is 9.18 Å². The number of rotatable bonds is 5. The van der Waals surface area contributed by atoms with Crippen molar-refractivity contribution in [2.75, 3.05) is 19.6 Å². The molecular formula is C19H29FN4O. The van der Waals surface area contributed by atoms with E-state index < -0.39 is 0 Å². The van der Waals surface area contributed by atoms with Gasteiger partial charge < -0.3 is 5.32 Å². The van der Waals surface area contributed by atoms with Gasteiger partial charge >= 0.3 is 0 Å². The second-order valence-corrected chi connectivity index (χ2v) is 7.33. The molecule has 1 aromatic carbocycles. The summed E-state index contributed by atoms with van der Waals surface area (Å²) in [4.78, 5) is 14.9. The first-order valence-electron chi connectivity index (χ1n) is 9.33. The van der Waals surface area contributed by atoms with Crippen LogP contribution in [0.5, 0.6) is 0 Å². The van der Waals surface area contributed by atoms with Crippen LogP contribution >= 0.6 is 0 Å². The predicted octanol–water partition coefficient (Wildman–Crippen LogP) is 2.03. The van der Waals surface area contributed by atoms with E-state index in [1.54, 1.807) is 13.0 Å². The molecule has 3 unspecified atom stereocenters. The van der Waals surface area contributed by atoms with Crippen LogP contribution in [0.15, 0.2) is 18.2 Å². The van der Waals surface area contributed by atoms with E-state index in [4.69, 9.17) is 0 Å². The second kappa shape index (κ2) is 8.25. The highest BCUT2D eigenvalue weighted by Gasteiger charge is 2.30. The number of nitrogens with one attached hydrogen (secondary N) is 3. The lowest BCUT2D eigenvalue weighted by atomic mass is 10.00. The van der Waals surface area contributed by atoms with Crippen molar-refractivity contribution in [3.63, 3.8) is 0 Å². The molecule has 2 saturated heterocycles. The lowest BCUT2D eigenvalue weighted by Crippen LogP contribution is -2.49. The molecule has 2 aliphatic rings. The maximum atomic E-state index is 13.4. The molecule has 25 heavy (non-hydrogen) atoms. The quantitative estimate of drug-likeness (QED) is 0.762. The summed E-state index contributed by atoms with van der Waals surface area (Å²) in [6.45, 7) is 6.87. The van der Waals surface area contributed by atoms with E-state index in [0.29, 0.717) is 24.6 Å². The Kier molecular flexibility index (Phi) is 6.04. The number of amides is 1. The van der Waals surface area contributed by atoms with Crippen molar-refractivity contribution in [3.8, 4) is 0 Å². The van der Waals surface area contributed by atoms with Gasteiger partial charge in [0.25, 0.3) is 0 Å². The zero-order chi connectivity index (χ0) is 17.8. The molecule has 3 atom stereocenters. The van der Waals surface area contributed by atoms with Gasteiger partial charge in [-0.1, -0.05) is 18.6 Å². The minimum atomic E-state index is -0.260. The average Bonchev–Trinajstić information content (AvgIpc) is 3.12. The summed E-state index contributed by atoms with van der Waals surface area (Å²) in [6, 6.07) is 5.24. The number of hydrogen-bond acceptors (Lipinski definition) is 4. The summed E-state index contributed by atoms with van der Waals surface area (Å²) in [5.41, 5.74) is 7.86. The van der Waals surface area contributed by atoms with Gasteiger partial charge in [-0.15, -0.1) is 0 Å². The number of benzene rings is 1. The Balaban J connectivity index is 1.47. The minimum Gasteiger partial charge on any atom is -0.353 e. The predicted molar refractivity (Wildman–Crippen MR) is 96.5 cm³/mol. The number of hydrogen-bond donors (Lipinski definition) is 3. The Hall–Kier alpha value is -1.50. The van der Waals surface area contributed by atoms with Crippen molar-refractivity contribution in [2.45, 2.75) is 57.7 Å². The van der Waals surface area contributed by atoms with Gasteiger partial charge in [0.2, 0.25) is 5.91 Å². The maximum Gasteiger partial charge on any atom is 0.238 e. The van der Waals surface area contributed by atoms with Gasteiger partial charge in [-0.3, -0.25) is 9.69 Å². The standard InChI is InChI=1S/C19H29FN4O/c1-13-10-15(6-7-16(13)20)17-11-18(23-22-17)19(25)21-12-14(2)24-8-4-3-5-9-24/h6-7,10,14,17-18,22-23H,3-5,8-9,11-12H2,1-2H3,(H,21,25). The first-order valence-corrected chi connectivity index (χ1v) is 9.33. The van der Waals surface area contributed by atoms with Crippen LogP contribution < -0.4 is 16.2 Å². The van der Waals surface area contributed by atoms with Crippen LogP contribution in [0.3, 0.4) is 0 Å². The Labute approximate surface area is 149 Å². The molecule has 6 heteroatoms. The highest BCUT2D eigenvalue weighted by molar-refractivity contribution is 5.82. The molecule has 0 saturated carbocycles. The molecule has 1 amide bonds. The fraction of sp³-hybridized carbons (Fsp3) is 0.632. The van der Waals surface area contributed by atoms with Gasteiger partial charge in [-0.05, 0) is 63.4 Å². The van der Waals surface area contributed by atoms with Gasteiger partial charge in [0.05, 0.1) is 0 Å². The zero-order valence-corrected chi connectivity index (χ0v) is 15.1. The van der Waals surface area contributed by atoms with Crippen LogP contribution in [0.1, 0.15) is 49.8 Å². The molecule has 3 rings (SSSR count). The largest absolute Gasteiger partial charge is 0.353 e. The molecule has 2 aliphatic heterocycles. The van der Waals surface area contributed by atoms with E-state index in [-0.39, 0.29) is 23.8 Å². The van der Waals surface area contributed by atoms with Crippen LogP contribution in [0, 0.1) is 12.7 Å². The number of likely N-dealkylation sites (tertiary alicyclic amines) is 1. The number of piperidine rings is 1. The normalized spacial score (nSPS) is 25.7. The molecule has 2 fully saturated rings. The number of hydrazine groups is 1. The molecule has 0 aliphatic carbocycles. The van der Waals surface area contributed by atoms with Crippen LogP contribution in [0.25, 0.3) is 0 Å². The van der Waals surface area contributed by atoms with Crippen molar-refractivity contribution in [2.24, 2.45) is 0 Å². The molecule has 0 radical (unpaired) electrons. The summed E-state index contributed by atoms with van der Waals surface area (Å²) >= 11 is 0. The van der Waals surface area contributed by atoms with E-state index >= 15 is 0 Å². The third-order valence-electron chi connectivity index (χ3n) is 5.39. The smallest absolute Gasteiger partial charge is 0.238 e. The minimum absolute atomic E-state index is 0.0227. The van der Waals surface area contributed by atoms with Crippen molar-refractivity contribution in [1.29, 1.82) is 0 Å². The first-order chi connectivity index (χ1) is 12.0. The number of aryl methyl sites for hydroxylation is 1. The van der Waals surface area contributed by atoms with Crippen LogP contribution in [-0.2, 0) is 4.79 Å². The van der Waals surface area contributed by atoms with Gasteiger partial charge in [0.15, 0.2) is 0 Å². The number of halogens is 1.